The summed E-state index contributed by atoms with van der Waals surface area (Å²) in [7, 11) is 0. The molecule has 1 heterocycles. The fraction of sp³-hybridized carbons (Fsp3) is 0.467. The molecule has 4 atom stereocenters. The van der Waals surface area contributed by atoms with Crippen molar-refractivity contribution in [2.24, 2.45) is 11.8 Å². The summed E-state index contributed by atoms with van der Waals surface area (Å²) in [6, 6.07) is 8.74. The molecule has 0 radical (unpaired) electrons. The number of carbonyl (C=O) groups is 2. The van der Waals surface area contributed by atoms with Crippen LogP contribution in [0, 0.1) is 11.8 Å². The maximum Gasteiger partial charge on any atom is 0.338 e. The number of aliphatic hydroxyl groups is 1. The molecule has 1 aliphatic heterocycles. The van der Waals surface area contributed by atoms with Gasteiger partial charge in [0.1, 0.15) is 12.2 Å². The number of aliphatic hydroxyl groups excluding tert-OH is 1. The summed E-state index contributed by atoms with van der Waals surface area (Å²) in [5.41, 5.74) is 0.484. The summed E-state index contributed by atoms with van der Waals surface area (Å²) < 4.78 is 10.7. The highest BCUT2D eigenvalue weighted by molar-refractivity contribution is 5.89. The number of rotatable bonds is 3. The third kappa shape index (κ3) is 2.29. The van der Waals surface area contributed by atoms with Gasteiger partial charge in [0.05, 0.1) is 12.0 Å². The van der Waals surface area contributed by atoms with E-state index in [0.717, 1.165) is 0 Å². The number of hydrogen-bond acceptors (Lipinski definition) is 5. The van der Waals surface area contributed by atoms with Crippen LogP contribution in [0.3, 0.4) is 0 Å². The van der Waals surface area contributed by atoms with Crippen molar-refractivity contribution in [3.63, 3.8) is 0 Å². The van der Waals surface area contributed by atoms with E-state index in [4.69, 9.17) is 9.47 Å². The SMILES string of the molecule is O=C1C[C@@H]2[C@@H](CO)[C@H](OC(=O)c3ccccc3)C[C@@H]2O1. The first kappa shape index (κ1) is 13.1. The van der Waals surface area contributed by atoms with Crippen LogP contribution in [0.1, 0.15) is 23.2 Å². The molecule has 2 aliphatic rings. The van der Waals surface area contributed by atoms with Crippen LogP contribution in [-0.4, -0.2) is 35.9 Å². The van der Waals surface area contributed by atoms with Crippen molar-refractivity contribution in [2.75, 3.05) is 6.61 Å². The van der Waals surface area contributed by atoms with E-state index in [0.29, 0.717) is 18.4 Å². The van der Waals surface area contributed by atoms with Crippen LogP contribution in [0.5, 0.6) is 0 Å². The second-order valence-electron chi connectivity index (χ2n) is 5.29. The van der Waals surface area contributed by atoms with Gasteiger partial charge in [-0.05, 0) is 12.1 Å². The second kappa shape index (κ2) is 5.25. The highest BCUT2D eigenvalue weighted by Gasteiger charge is 2.51. The summed E-state index contributed by atoms with van der Waals surface area (Å²) in [6.45, 7) is -0.107. The molecule has 5 nitrogen and oxygen atoms in total. The number of carbonyl (C=O) groups excluding carboxylic acids is 2. The number of hydrogen-bond donors (Lipinski definition) is 1. The molecule has 0 unspecified atom stereocenters. The predicted molar refractivity (Wildman–Crippen MR) is 68.8 cm³/mol. The fourth-order valence-electron chi connectivity index (χ4n) is 3.13. The van der Waals surface area contributed by atoms with Crippen molar-refractivity contribution < 1.29 is 24.2 Å². The molecule has 106 valence electrons. The molecule has 20 heavy (non-hydrogen) atoms. The number of benzene rings is 1. The molecule has 0 spiro atoms. The summed E-state index contributed by atoms with van der Waals surface area (Å²) in [5, 5.41) is 9.50. The van der Waals surface area contributed by atoms with E-state index >= 15 is 0 Å². The van der Waals surface area contributed by atoms with Crippen molar-refractivity contribution in [1.29, 1.82) is 0 Å². The summed E-state index contributed by atoms with van der Waals surface area (Å²) in [5.74, 6) is -0.896. The lowest BCUT2D eigenvalue weighted by Gasteiger charge is -2.20. The second-order valence-corrected chi connectivity index (χ2v) is 5.29. The first-order valence-corrected chi connectivity index (χ1v) is 6.75. The maximum atomic E-state index is 12.0. The Morgan fingerprint density at radius 1 is 1.35 bits per heavy atom. The number of esters is 2. The van der Waals surface area contributed by atoms with Gasteiger partial charge in [-0.15, -0.1) is 0 Å². The summed E-state index contributed by atoms with van der Waals surface area (Å²) in [6.07, 6.45) is 0.152. The lowest BCUT2D eigenvalue weighted by atomic mass is 9.93. The smallest absolute Gasteiger partial charge is 0.338 e. The molecule has 1 aromatic carbocycles. The lowest BCUT2D eigenvalue weighted by molar-refractivity contribution is -0.141. The van der Waals surface area contributed by atoms with Gasteiger partial charge in [-0.25, -0.2) is 4.79 Å². The van der Waals surface area contributed by atoms with Gasteiger partial charge >= 0.3 is 11.9 Å². The quantitative estimate of drug-likeness (QED) is 0.839. The molecule has 0 amide bonds. The van der Waals surface area contributed by atoms with E-state index in [1.807, 2.05) is 6.07 Å². The Kier molecular flexibility index (Phi) is 3.44. The van der Waals surface area contributed by atoms with Crippen LogP contribution in [0.2, 0.25) is 0 Å². The van der Waals surface area contributed by atoms with Gasteiger partial charge in [0.15, 0.2) is 0 Å². The zero-order valence-corrected chi connectivity index (χ0v) is 10.9. The highest BCUT2D eigenvalue weighted by Crippen LogP contribution is 2.42. The first-order valence-electron chi connectivity index (χ1n) is 6.75. The molecule has 2 fully saturated rings. The average molecular weight is 276 g/mol. The van der Waals surface area contributed by atoms with Gasteiger partial charge in [-0.1, -0.05) is 18.2 Å². The minimum Gasteiger partial charge on any atom is -0.462 e. The Labute approximate surface area is 116 Å². The fourth-order valence-corrected chi connectivity index (χ4v) is 3.13. The van der Waals surface area contributed by atoms with Crippen molar-refractivity contribution in [2.45, 2.75) is 25.0 Å². The normalized spacial score (nSPS) is 31.8. The van der Waals surface area contributed by atoms with Crippen LogP contribution < -0.4 is 0 Å². The van der Waals surface area contributed by atoms with E-state index in [1.165, 1.54) is 0 Å². The van der Waals surface area contributed by atoms with Crippen LogP contribution in [0.25, 0.3) is 0 Å². The Morgan fingerprint density at radius 3 is 2.80 bits per heavy atom. The van der Waals surface area contributed by atoms with Crippen molar-refractivity contribution in [3.05, 3.63) is 35.9 Å². The lowest BCUT2D eigenvalue weighted by Crippen LogP contribution is -2.28. The van der Waals surface area contributed by atoms with Crippen molar-refractivity contribution >= 4 is 11.9 Å². The highest BCUT2D eigenvalue weighted by atomic mass is 16.6. The van der Waals surface area contributed by atoms with Crippen LogP contribution in [0.4, 0.5) is 0 Å². The molecule has 3 rings (SSSR count). The zero-order valence-electron chi connectivity index (χ0n) is 10.9. The molecule has 0 aromatic heterocycles. The van der Waals surface area contributed by atoms with Gasteiger partial charge in [0.25, 0.3) is 0 Å². The molecule has 0 bridgehead atoms. The molecular formula is C15H16O5. The third-order valence-corrected chi connectivity index (χ3v) is 4.13. The predicted octanol–water partition coefficient (Wildman–Crippen LogP) is 1.16. The third-order valence-electron chi connectivity index (χ3n) is 4.13. The van der Waals surface area contributed by atoms with Crippen LogP contribution in [0.15, 0.2) is 30.3 Å². The van der Waals surface area contributed by atoms with E-state index in [-0.39, 0.29) is 30.5 Å². The van der Waals surface area contributed by atoms with Gasteiger partial charge in [0, 0.05) is 24.9 Å². The minimum atomic E-state index is -0.402. The van der Waals surface area contributed by atoms with E-state index in [9.17, 15) is 14.7 Å². The minimum absolute atomic E-state index is 0.0407. The maximum absolute atomic E-state index is 12.0. The Morgan fingerprint density at radius 2 is 2.10 bits per heavy atom. The van der Waals surface area contributed by atoms with Gasteiger partial charge in [0.2, 0.25) is 0 Å². The Bertz CT molecular complexity index is 512. The Balaban J connectivity index is 1.69. The molecular weight excluding hydrogens is 260 g/mol. The van der Waals surface area contributed by atoms with Crippen molar-refractivity contribution in [1.82, 2.24) is 0 Å². The van der Waals surface area contributed by atoms with Gasteiger partial charge < -0.3 is 14.6 Å². The molecule has 1 N–H and O–H groups in total. The van der Waals surface area contributed by atoms with E-state index < -0.39 is 12.1 Å². The standard InChI is InChI=1S/C15H16O5/c16-8-11-10-6-14(17)19-12(10)7-13(11)20-15(18)9-4-2-1-3-5-9/h1-5,10-13,16H,6-8H2/t10-,11-,12+,13-/m1/s1. The largest absolute Gasteiger partial charge is 0.462 e. The topological polar surface area (TPSA) is 72.8 Å². The monoisotopic (exact) mass is 276 g/mol. The average Bonchev–Trinajstić information content (AvgIpc) is 2.95. The van der Waals surface area contributed by atoms with Crippen LogP contribution in [-0.2, 0) is 14.3 Å². The molecule has 1 aliphatic carbocycles. The molecule has 1 saturated carbocycles. The van der Waals surface area contributed by atoms with Crippen molar-refractivity contribution in [3.8, 4) is 0 Å². The number of ether oxygens (including phenoxy) is 2. The van der Waals surface area contributed by atoms with Crippen LogP contribution >= 0.6 is 0 Å². The van der Waals surface area contributed by atoms with E-state index in [1.54, 1.807) is 24.3 Å². The zero-order chi connectivity index (χ0) is 14.1. The first-order chi connectivity index (χ1) is 9.69. The van der Waals surface area contributed by atoms with Gasteiger partial charge in [-0.3, -0.25) is 4.79 Å². The Hall–Kier alpha value is -1.88. The van der Waals surface area contributed by atoms with Gasteiger partial charge in [-0.2, -0.15) is 0 Å². The molecule has 1 saturated heterocycles. The van der Waals surface area contributed by atoms with E-state index in [2.05, 4.69) is 0 Å². The molecule has 1 aromatic rings. The summed E-state index contributed by atoms with van der Waals surface area (Å²) in [4.78, 5) is 23.3. The number of fused-ring (bicyclic) bond motifs is 1. The summed E-state index contributed by atoms with van der Waals surface area (Å²) >= 11 is 0. The molecule has 5 heteroatoms.